The van der Waals surface area contributed by atoms with Gasteiger partial charge in [0.1, 0.15) is 0 Å². The highest BCUT2D eigenvalue weighted by Gasteiger charge is 2.33. The SMILES string of the molecule is Nc1cc2c(cc1C(=O)N(CC1CC1)CC1CC1)OCO2. The zero-order chi connectivity index (χ0) is 14.4. The molecule has 0 aromatic heterocycles. The van der Waals surface area contributed by atoms with E-state index >= 15 is 0 Å². The number of anilines is 1. The largest absolute Gasteiger partial charge is 0.454 e. The molecule has 5 heteroatoms. The molecule has 0 radical (unpaired) electrons. The van der Waals surface area contributed by atoms with Crippen molar-refractivity contribution >= 4 is 11.6 Å². The number of hydrogen-bond donors (Lipinski definition) is 1. The Labute approximate surface area is 124 Å². The summed E-state index contributed by atoms with van der Waals surface area (Å²) in [6, 6.07) is 3.43. The van der Waals surface area contributed by atoms with E-state index in [1.54, 1.807) is 12.1 Å². The lowest BCUT2D eigenvalue weighted by Gasteiger charge is -2.23. The van der Waals surface area contributed by atoms with Gasteiger partial charge in [-0.25, -0.2) is 0 Å². The summed E-state index contributed by atoms with van der Waals surface area (Å²) in [6.45, 7) is 1.92. The lowest BCUT2D eigenvalue weighted by Crippen LogP contribution is -2.35. The zero-order valence-corrected chi connectivity index (χ0v) is 12.0. The summed E-state index contributed by atoms with van der Waals surface area (Å²) in [7, 11) is 0. The van der Waals surface area contributed by atoms with Gasteiger partial charge >= 0.3 is 0 Å². The highest BCUT2D eigenvalue weighted by molar-refractivity contribution is 6.00. The summed E-state index contributed by atoms with van der Waals surface area (Å²) in [5.41, 5.74) is 7.06. The van der Waals surface area contributed by atoms with Crippen LogP contribution in [-0.4, -0.2) is 30.7 Å². The smallest absolute Gasteiger partial charge is 0.256 e. The normalized spacial score (nSPS) is 19.6. The third-order valence-electron chi connectivity index (χ3n) is 4.41. The van der Waals surface area contributed by atoms with Gasteiger partial charge in [-0.15, -0.1) is 0 Å². The molecule has 112 valence electrons. The maximum atomic E-state index is 12.8. The Balaban J connectivity index is 1.58. The second-order valence-electron chi connectivity index (χ2n) is 6.39. The molecule has 3 aliphatic rings. The second kappa shape index (κ2) is 4.83. The quantitative estimate of drug-likeness (QED) is 0.844. The molecule has 21 heavy (non-hydrogen) atoms. The molecular formula is C16H20N2O3. The number of carbonyl (C=O) groups is 1. The number of carbonyl (C=O) groups excluding carboxylic acids is 1. The predicted octanol–water partition coefficient (Wildman–Crippen LogP) is 2.26. The van der Waals surface area contributed by atoms with Crippen LogP contribution in [0.25, 0.3) is 0 Å². The van der Waals surface area contributed by atoms with E-state index in [1.807, 2.05) is 4.90 Å². The minimum Gasteiger partial charge on any atom is -0.454 e. The van der Waals surface area contributed by atoms with Crippen LogP contribution in [0, 0.1) is 11.8 Å². The Bertz CT molecular complexity index is 565. The minimum absolute atomic E-state index is 0.0320. The Morgan fingerprint density at radius 3 is 2.24 bits per heavy atom. The zero-order valence-electron chi connectivity index (χ0n) is 12.0. The van der Waals surface area contributed by atoms with Crippen LogP contribution in [-0.2, 0) is 0 Å². The van der Waals surface area contributed by atoms with Gasteiger partial charge in [-0.05, 0) is 43.6 Å². The van der Waals surface area contributed by atoms with Crippen LogP contribution < -0.4 is 15.2 Å². The second-order valence-corrected chi connectivity index (χ2v) is 6.39. The van der Waals surface area contributed by atoms with E-state index in [9.17, 15) is 4.79 Å². The van der Waals surface area contributed by atoms with E-state index in [0.717, 1.165) is 13.1 Å². The lowest BCUT2D eigenvalue weighted by molar-refractivity contribution is 0.0740. The summed E-state index contributed by atoms with van der Waals surface area (Å²) >= 11 is 0. The average Bonchev–Trinajstić information content (AvgIpc) is 3.38. The molecule has 4 rings (SSSR count). The summed E-state index contributed by atoms with van der Waals surface area (Å²) in [6.07, 6.45) is 4.96. The van der Waals surface area contributed by atoms with Crippen molar-refractivity contribution in [2.75, 3.05) is 25.6 Å². The Morgan fingerprint density at radius 1 is 1.10 bits per heavy atom. The first-order valence-corrected chi connectivity index (χ1v) is 7.69. The van der Waals surface area contributed by atoms with Crippen molar-refractivity contribution in [3.63, 3.8) is 0 Å². The molecule has 0 atom stereocenters. The Morgan fingerprint density at radius 2 is 1.67 bits per heavy atom. The van der Waals surface area contributed by atoms with Crippen molar-refractivity contribution in [1.29, 1.82) is 0 Å². The first-order chi connectivity index (χ1) is 10.2. The number of ether oxygens (including phenoxy) is 2. The van der Waals surface area contributed by atoms with Gasteiger partial charge in [-0.1, -0.05) is 0 Å². The van der Waals surface area contributed by atoms with Gasteiger partial charge in [0.2, 0.25) is 6.79 Å². The summed E-state index contributed by atoms with van der Waals surface area (Å²) in [5, 5.41) is 0. The first-order valence-electron chi connectivity index (χ1n) is 7.69. The average molecular weight is 288 g/mol. The van der Waals surface area contributed by atoms with Crippen LogP contribution in [0.4, 0.5) is 5.69 Å². The van der Waals surface area contributed by atoms with Crippen LogP contribution >= 0.6 is 0 Å². The fourth-order valence-corrected chi connectivity index (χ4v) is 2.78. The van der Waals surface area contributed by atoms with Crippen molar-refractivity contribution in [3.8, 4) is 11.5 Å². The Hall–Kier alpha value is -1.91. The number of nitrogens with zero attached hydrogens (tertiary/aromatic N) is 1. The third kappa shape index (κ3) is 2.64. The van der Waals surface area contributed by atoms with Crippen molar-refractivity contribution < 1.29 is 14.3 Å². The predicted molar refractivity (Wildman–Crippen MR) is 78.3 cm³/mol. The summed E-state index contributed by atoms with van der Waals surface area (Å²) < 4.78 is 10.7. The minimum atomic E-state index is 0.0320. The number of amides is 1. The van der Waals surface area contributed by atoms with Crippen molar-refractivity contribution in [2.45, 2.75) is 25.7 Å². The standard InChI is InChI=1S/C16H20N2O3/c17-13-6-15-14(20-9-21-15)5-12(13)16(19)18(7-10-1-2-10)8-11-3-4-11/h5-6,10-11H,1-4,7-9,17H2. The van der Waals surface area contributed by atoms with Crippen molar-refractivity contribution in [3.05, 3.63) is 17.7 Å². The number of fused-ring (bicyclic) bond motifs is 1. The Kier molecular flexibility index (Phi) is 2.94. The van der Waals surface area contributed by atoms with Gasteiger partial charge in [0.25, 0.3) is 5.91 Å². The van der Waals surface area contributed by atoms with E-state index in [0.29, 0.717) is 34.6 Å². The maximum Gasteiger partial charge on any atom is 0.256 e. The van der Waals surface area contributed by atoms with Gasteiger partial charge in [0, 0.05) is 24.8 Å². The number of nitrogens with two attached hydrogens (primary N) is 1. The summed E-state index contributed by atoms with van der Waals surface area (Å²) in [4.78, 5) is 14.8. The molecule has 1 heterocycles. The number of hydrogen-bond acceptors (Lipinski definition) is 4. The van der Waals surface area contributed by atoms with Crippen molar-refractivity contribution in [2.24, 2.45) is 11.8 Å². The first kappa shape index (κ1) is 12.8. The van der Waals surface area contributed by atoms with Crippen LogP contribution in [0.5, 0.6) is 11.5 Å². The van der Waals surface area contributed by atoms with Crippen molar-refractivity contribution in [1.82, 2.24) is 4.90 Å². The molecule has 2 fully saturated rings. The fourth-order valence-electron chi connectivity index (χ4n) is 2.78. The molecule has 0 bridgehead atoms. The molecule has 5 nitrogen and oxygen atoms in total. The highest BCUT2D eigenvalue weighted by Crippen LogP contribution is 2.38. The fraction of sp³-hybridized carbons (Fsp3) is 0.562. The molecule has 1 aliphatic heterocycles. The molecule has 0 saturated heterocycles. The number of benzene rings is 1. The van der Waals surface area contributed by atoms with E-state index in [1.165, 1.54) is 25.7 Å². The molecule has 1 aromatic rings. The van der Waals surface area contributed by atoms with E-state index in [-0.39, 0.29) is 12.7 Å². The van der Waals surface area contributed by atoms with E-state index in [2.05, 4.69) is 0 Å². The molecule has 2 N–H and O–H groups in total. The van der Waals surface area contributed by atoms with E-state index in [4.69, 9.17) is 15.2 Å². The third-order valence-corrected chi connectivity index (χ3v) is 4.41. The van der Waals surface area contributed by atoms with E-state index < -0.39 is 0 Å². The molecule has 1 aromatic carbocycles. The van der Waals surface area contributed by atoms with Gasteiger partial charge < -0.3 is 20.1 Å². The molecule has 2 aliphatic carbocycles. The van der Waals surface area contributed by atoms with Gasteiger partial charge in [-0.2, -0.15) is 0 Å². The van der Waals surface area contributed by atoms with Gasteiger partial charge in [-0.3, -0.25) is 4.79 Å². The number of nitrogen functional groups attached to an aromatic ring is 1. The van der Waals surface area contributed by atoms with Crippen LogP contribution in [0.15, 0.2) is 12.1 Å². The molecule has 2 saturated carbocycles. The molecular weight excluding hydrogens is 268 g/mol. The van der Waals surface area contributed by atoms with Crippen LogP contribution in [0.1, 0.15) is 36.0 Å². The van der Waals surface area contributed by atoms with Gasteiger partial charge in [0.15, 0.2) is 11.5 Å². The lowest BCUT2D eigenvalue weighted by atomic mass is 10.1. The summed E-state index contributed by atoms with van der Waals surface area (Å²) in [5.74, 6) is 2.64. The molecule has 0 unspecified atom stereocenters. The monoisotopic (exact) mass is 288 g/mol. The topological polar surface area (TPSA) is 64.8 Å². The molecule has 0 spiro atoms. The highest BCUT2D eigenvalue weighted by atomic mass is 16.7. The molecule has 1 amide bonds. The van der Waals surface area contributed by atoms with Gasteiger partial charge in [0.05, 0.1) is 5.56 Å². The maximum absolute atomic E-state index is 12.8. The van der Waals surface area contributed by atoms with Crippen LogP contribution in [0.2, 0.25) is 0 Å². The number of rotatable bonds is 5. The van der Waals surface area contributed by atoms with Crippen LogP contribution in [0.3, 0.4) is 0 Å².